The third-order valence-electron chi connectivity index (χ3n) is 8.57. The first-order valence-electron chi connectivity index (χ1n) is 14.0. The van der Waals surface area contributed by atoms with Gasteiger partial charge in [-0.1, -0.05) is 54.6 Å². The van der Waals surface area contributed by atoms with Crippen LogP contribution in [0, 0.1) is 0 Å². The number of benzene rings is 3. The summed E-state index contributed by atoms with van der Waals surface area (Å²) in [6.45, 7) is 11.5. The molecule has 3 aromatic carbocycles. The zero-order chi connectivity index (χ0) is 27.2. The Hall–Kier alpha value is -3.26. The van der Waals surface area contributed by atoms with Crippen LogP contribution in [0.1, 0.15) is 63.1 Å². The van der Waals surface area contributed by atoms with Crippen LogP contribution in [0.4, 0.5) is 11.4 Å². The van der Waals surface area contributed by atoms with Gasteiger partial charge in [0.25, 0.3) is 0 Å². The maximum absolute atomic E-state index is 13.5. The van der Waals surface area contributed by atoms with E-state index in [1.807, 2.05) is 76.2 Å². The van der Waals surface area contributed by atoms with E-state index in [-0.39, 0.29) is 5.91 Å². The highest BCUT2D eigenvalue weighted by Crippen LogP contribution is 2.39. The maximum atomic E-state index is 13.5. The highest BCUT2D eigenvalue weighted by atomic mass is 16.7. The lowest BCUT2D eigenvalue weighted by Gasteiger charge is -2.32. The van der Waals surface area contributed by atoms with E-state index in [4.69, 9.17) is 14.3 Å². The summed E-state index contributed by atoms with van der Waals surface area (Å²) in [6, 6.07) is 24.4. The molecule has 1 unspecified atom stereocenters. The van der Waals surface area contributed by atoms with Gasteiger partial charge in [0, 0.05) is 12.2 Å². The minimum absolute atomic E-state index is 0.0793. The summed E-state index contributed by atoms with van der Waals surface area (Å²) in [5, 5.41) is 3.10. The number of hydrogen-bond acceptors (Lipinski definition) is 5. The molecule has 7 heteroatoms. The van der Waals surface area contributed by atoms with Crippen molar-refractivity contribution in [3.8, 4) is 0 Å². The van der Waals surface area contributed by atoms with Crippen LogP contribution in [0.25, 0.3) is 0 Å². The second kappa shape index (κ2) is 10.0. The molecule has 1 amide bonds. The maximum Gasteiger partial charge on any atom is 0.494 e. The van der Waals surface area contributed by atoms with E-state index in [9.17, 15) is 4.79 Å². The lowest BCUT2D eigenvalue weighted by atomic mass is 9.77. The number of aliphatic imine (C=N–C) groups is 1. The van der Waals surface area contributed by atoms with E-state index >= 15 is 0 Å². The fourth-order valence-corrected chi connectivity index (χ4v) is 5.60. The highest BCUT2D eigenvalue weighted by molar-refractivity contribution is 6.62. The minimum atomic E-state index is -0.515. The first-order valence-corrected chi connectivity index (χ1v) is 14.0. The van der Waals surface area contributed by atoms with Crippen LogP contribution >= 0.6 is 0 Å². The van der Waals surface area contributed by atoms with Crippen LogP contribution in [0.3, 0.4) is 0 Å². The number of hydrogen-bond donors (Lipinski definition) is 1. The van der Waals surface area contributed by atoms with E-state index < -0.39 is 24.2 Å². The van der Waals surface area contributed by atoms with Crippen molar-refractivity contribution >= 4 is 35.6 Å². The number of nitrogens with zero attached hydrogens (tertiary/aromatic N) is 2. The Balaban J connectivity index is 1.32. The van der Waals surface area contributed by atoms with Crippen molar-refractivity contribution in [2.24, 2.45) is 4.99 Å². The summed E-state index contributed by atoms with van der Waals surface area (Å²) in [5.41, 5.74) is 5.52. The number of carbonyl (C=O) groups is 1. The Morgan fingerprint density at radius 3 is 2.28 bits per heavy atom. The molecule has 200 valence electrons. The number of fused-ring (bicyclic) bond motifs is 1. The van der Waals surface area contributed by atoms with Crippen LogP contribution in [0.2, 0.25) is 0 Å². The predicted octanol–water partition coefficient (Wildman–Crippen LogP) is 5.44. The van der Waals surface area contributed by atoms with Crippen LogP contribution < -0.4 is 10.8 Å². The fourth-order valence-electron chi connectivity index (χ4n) is 5.60. The molecule has 0 bridgehead atoms. The number of rotatable bonds is 6. The van der Waals surface area contributed by atoms with Gasteiger partial charge in [-0.25, -0.2) is 0 Å². The van der Waals surface area contributed by atoms with E-state index in [0.717, 1.165) is 40.2 Å². The van der Waals surface area contributed by atoms with Gasteiger partial charge in [0.05, 0.1) is 22.6 Å². The molecule has 6 rings (SSSR count). The molecule has 2 saturated heterocycles. The average molecular weight is 521 g/mol. The van der Waals surface area contributed by atoms with E-state index in [0.29, 0.717) is 0 Å². The Morgan fingerprint density at radius 2 is 1.62 bits per heavy atom. The van der Waals surface area contributed by atoms with Crippen molar-refractivity contribution in [1.29, 1.82) is 0 Å². The van der Waals surface area contributed by atoms with Crippen molar-refractivity contribution in [1.82, 2.24) is 4.90 Å². The lowest BCUT2D eigenvalue weighted by Crippen LogP contribution is -2.41. The third-order valence-corrected chi connectivity index (χ3v) is 8.57. The van der Waals surface area contributed by atoms with Gasteiger partial charge in [-0.2, -0.15) is 0 Å². The molecule has 2 fully saturated rings. The van der Waals surface area contributed by atoms with Gasteiger partial charge in [-0.3, -0.25) is 14.7 Å². The van der Waals surface area contributed by atoms with Crippen molar-refractivity contribution in [3.05, 3.63) is 89.5 Å². The SMILES string of the molecule is CC1(C)OB(c2ccc3c(c2)NC(=O)C3C(=Nc2ccc(CN3CCCC3)cc2)c2ccccc2)OC1(C)C. The zero-order valence-corrected chi connectivity index (χ0v) is 23.2. The molecule has 1 atom stereocenters. The first kappa shape index (κ1) is 26.0. The molecule has 3 aliphatic heterocycles. The summed E-state index contributed by atoms with van der Waals surface area (Å²) >= 11 is 0. The summed E-state index contributed by atoms with van der Waals surface area (Å²) in [5.74, 6) is -0.594. The second-order valence-corrected chi connectivity index (χ2v) is 11.9. The molecule has 3 aromatic rings. The summed E-state index contributed by atoms with van der Waals surface area (Å²) in [6.07, 6.45) is 2.57. The fraction of sp³-hybridized carbons (Fsp3) is 0.375. The number of likely N-dealkylation sites (tertiary alicyclic amines) is 1. The topological polar surface area (TPSA) is 63.2 Å². The average Bonchev–Trinajstić information content (AvgIpc) is 3.59. The highest BCUT2D eigenvalue weighted by Gasteiger charge is 2.52. The number of nitrogens with one attached hydrogen (secondary N) is 1. The standard InChI is InChI=1S/C32H36BN3O3/c1-31(2)32(3,4)39-33(38-31)24-14-17-26-27(20-24)35-30(37)28(26)29(23-10-6-5-7-11-23)34-25-15-12-22(13-16-25)21-36-18-8-9-19-36/h5-7,10-17,20,28H,8-9,18-19,21H2,1-4H3,(H,35,37). The number of amides is 1. The van der Waals surface area contributed by atoms with Gasteiger partial charge >= 0.3 is 7.12 Å². The van der Waals surface area contributed by atoms with E-state index in [1.54, 1.807) is 0 Å². The van der Waals surface area contributed by atoms with Crippen LogP contribution in [-0.4, -0.2) is 47.9 Å². The molecule has 3 heterocycles. The smallest absolute Gasteiger partial charge is 0.399 e. The molecular formula is C32H36BN3O3. The summed E-state index contributed by atoms with van der Waals surface area (Å²) < 4.78 is 12.5. The van der Waals surface area contributed by atoms with Gasteiger partial charge in [-0.15, -0.1) is 0 Å². The van der Waals surface area contributed by atoms with Crippen LogP contribution in [0.5, 0.6) is 0 Å². The summed E-state index contributed by atoms with van der Waals surface area (Å²) in [7, 11) is -0.488. The van der Waals surface area contributed by atoms with Crippen molar-refractivity contribution < 1.29 is 14.1 Å². The second-order valence-electron chi connectivity index (χ2n) is 11.9. The van der Waals surface area contributed by atoms with Crippen molar-refractivity contribution in [2.75, 3.05) is 18.4 Å². The number of anilines is 1. The Bertz CT molecular complexity index is 1380. The number of carbonyl (C=O) groups excluding carboxylic acids is 1. The largest absolute Gasteiger partial charge is 0.494 e. The quantitative estimate of drug-likeness (QED) is 0.347. The summed E-state index contributed by atoms with van der Waals surface area (Å²) in [4.78, 5) is 21.0. The first-order chi connectivity index (χ1) is 18.7. The normalized spacial score (nSPS) is 22.3. The van der Waals surface area contributed by atoms with Crippen molar-refractivity contribution in [2.45, 2.75) is 64.2 Å². The minimum Gasteiger partial charge on any atom is -0.399 e. The molecule has 1 N–H and O–H groups in total. The monoisotopic (exact) mass is 521 g/mol. The third kappa shape index (κ3) is 5.07. The molecular weight excluding hydrogens is 485 g/mol. The van der Waals surface area contributed by atoms with Gasteiger partial charge in [-0.05, 0) is 94.0 Å². The van der Waals surface area contributed by atoms with Gasteiger partial charge < -0.3 is 14.6 Å². The molecule has 0 spiro atoms. The van der Waals surface area contributed by atoms with Crippen LogP contribution in [-0.2, 0) is 20.6 Å². The molecule has 0 aromatic heterocycles. The molecule has 0 saturated carbocycles. The van der Waals surface area contributed by atoms with Crippen LogP contribution in [0.15, 0.2) is 77.8 Å². The van der Waals surface area contributed by atoms with Gasteiger partial charge in [0.1, 0.15) is 5.92 Å². The Morgan fingerprint density at radius 1 is 0.949 bits per heavy atom. The predicted molar refractivity (Wildman–Crippen MR) is 157 cm³/mol. The van der Waals surface area contributed by atoms with Gasteiger partial charge in [0.2, 0.25) is 5.91 Å². The molecule has 39 heavy (non-hydrogen) atoms. The molecule has 3 aliphatic rings. The van der Waals surface area contributed by atoms with Gasteiger partial charge in [0.15, 0.2) is 0 Å². The van der Waals surface area contributed by atoms with E-state index in [1.165, 1.54) is 31.5 Å². The Kier molecular flexibility index (Phi) is 6.70. The molecule has 0 radical (unpaired) electrons. The Labute approximate surface area is 231 Å². The molecule has 6 nitrogen and oxygen atoms in total. The van der Waals surface area contributed by atoms with E-state index in [2.05, 4.69) is 34.5 Å². The zero-order valence-electron chi connectivity index (χ0n) is 23.2. The molecule has 0 aliphatic carbocycles. The van der Waals surface area contributed by atoms with Crippen molar-refractivity contribution in [3.63, 3.8) is 0 Å². The lowest BCUT2D eigenvalue weighted by molar-refractivity contribution is -0.115.